The van der Waals surface area contributed by atoms with Crippen LogP contribution in [0, 0.1) is 11.3 Å². The zero-order valence-electron chi connectivity index (χ0n) is 13.6. The first kappa shape index (κ1) is 16.7. The van der Waals surface area contributed by atoms with Crippen LogP contribution in [0.2, 0.25) is 0 Å². The lowest BCUT2D eigenvalue weighted by Gasteiger charge is -2.47. The number of hydrogen-bond donors (Lipinski definition) is 2. The van der Waals surface area contributed by atoms with Crippen molar-refractivity contribution in [3.8, 4) is 0 Å². The fraction of sp³-hybridized carbons (Fsp3) is 0.938. The van der Waals surface area contributed by atoms with E-state index < -0.39 is 11.0 Å². The number of hydrogen-bond acceptors (Lipinski definition) is 4. The van der Waals surface area contributed by atoms with Crippen molar-refractivity contribution in [2.45, 2.75) is 58.2 Å². The van der Waals surface area contributed by atoms with Crippen LogP contribution in [0.3, 0.4) is 0 Å². The molecule has 2 fully saturated rings. The first-order chi connectivity index (χ1) is 9.82. The lowest BCUT2D eigenvalue weighted by Crippen LogP contribution is -2.60. The molecule has 1 amide bonds. The summed E-state index contributed by atoms with van der Waals surface area (Å²) in [7, 11) is 0. The van der Waals surface area contributed by atoms with Crippen LogP contribution in [-0.2, 0) is 9.53 Å². The molecule has 5 nitrogen and oxygen atoms in total. The van der Waals surface area contributed by atoms with E-state index in [0.29, 0.717) is 25.6 Å². The molecule has 1 aliphatic carbocycles. The van der Waals surface area contributed by atoms with E-state index in [1.54, 1.807) is 0 Å². The molecule has 0 spiro atoms. The van der Waals surface area contributed by atoms with Crippen LogP contribution in [0.4, 0.5) is 0 Å². The quantitative estimate of drug-likeness (QED) is 0.819. The molecule has 5 heteroatoms. The highest BCUT2D eigenvalue weighted by Crippen LogP contribution is 2.40. The van der Waals surface area contributed by atoms with Crippen molar-refractivity contribution in [3.05, 3.63) is 0 Å². The third-order valence-electron chi connectivity index (χ3n) is 5.05. The van der Waals surface area contributed by atoms with E-state index in [2.05, 4.69) is 6.92 Å². The van der Waals surface area contributed by atoms with Gasteiger partial charge in [0.1, 0.15) is 0 Å². The van der Waals surface area contributed by atoms with Crippen LogP contribution < -0.4 is 5.73 Å². The Morgan fingerprint density at radius 3 is 2.52 bits per heavy atom. The van der Waals surface area contributed by atoms with Crippen LogP contribution >= 0.6 is 0 Å². The fourth-order valence-corrected chi connectivity index (χ4v) is 3.70. The molecule has 0 bridgehead atoms. The van der Waals surface area contributed by atoms with Gasteiger partial charge in [-0.25, -0.2) is 0 Å². The van der Waals surface area contributed by atoms with Gasteiger partial charge in [-0.2, -0.15) is 0 Å². The second-order valence-corrected chi connectivity index (χ2v) is 7.53. The summed E-state index contributed by atoms with van der Waals surface area (Å²) in [6, 6.07) is 0. The minimum absolute atomic E-state index is 0.0557. The Hall–Kier alpha value is -0.650. The zero-order chi connectivity index (χ0) is 15.7. The second kappa shape index (κ2) is 6.23. The number of morpholine rings is 1. The van der Waals surface area contributed by atoms with E-state index in [1.165, 1.54) is 0 Å². The summed E-state index contributed by atoms with van der Waals surface area (Å²) >= 11 is 0. The SMILES string of the molecule is CC1CCC(CN)(C(=O)N2CC(CO)OC(C)(C)C2)CC1. The van der Waals surface area contributed by atoms with Crippen molar-refractivity contribution in [1.82, 2.24) is 4.90 Å². The van der Waals surface area contributed by atoms with Crippen LogP contribution in [0.15, 0.2) is 0 Å². The number of rotatable bonds is 3. The van der Waals surface area contributed by atoms with E-state index >= 15 is 0 Å². The van der Waals surface area contributed by atoms with Crippen LogP contribution in [0.25, 0.3) is 0 Å². The van der Waals surface area contributed by atoms with Crippen LogP contribution in [-0.4, -0.2) is 53.9 Å². The van der Waals surface area contributed by atoms with Gasteiger partial charge >= 0.3 is 0 Å². The van der Waals surface area contributed by atoms with Gasteiger partial charge in [-0.05, 0) is 45.4 Å². The van der Waals surface area contributed by atoms with Gasteiger partial charge in [0.15, 0.2) is 0 Å². The van der Waals surface area contributed by atoms with Gasteiger partial charge in [-0.1, -0.05) is 6.92 Å². The Labute approximate surface area is 127 Å². The van der Waals surface area contributed by atoms with Gasteiger partial charge in [0.05, 0.1) is 23.7 Å². The van der Waals surface area contributed by atoms with Crippen molar-refractivity contribution < 1.29 is 14.6 Å². The molecule has 3 N–H and O–H groups in total. The third-order valence-corrected chi connectivity index (χ3v) is 5.05. The highest BCUT2D eigenvalue weighted by molar-refractivity contribution is 5.83. The predicted molar refractivity (Wildman–Crippen MR) is 81.7 cm³/mol. The van der Waals surface area contributed by atoms with Crippen molar-refractivity contribution >= 4 is 5.91 Å². The molecular weight excluding hydrogens is 268 g/mol. The van der Waals surface area contributed by atoms with Gasteiger partial charge in [-0.3, -0.25) is 4.79 Å². The molecule has 1 saturated heterocycles. The van der Waals surface area contributed by atoms with E-state index in [4.69, 9.17) is 10.5 Å². The van der Waals surface area contributed by atoms with Crippen molar-refractivity contribution in [1.29, 1.82) is 0 Å². The van der Waals surface area contributed by atoms with Gasteiger partial charge in [0.25, 0.3) is 0 Å². The molecule has 0 aromatic rings. The number of carbonyl (C=O) groups is 1. The highest BCUT2D eigenvalue weighted by atomic mass is 16.5. The average molecular weight is 298 g/mol. The fourth-order valence-electron chi connectivity index (χ4n) is 3.70. The summed E-state index contributed by atoms with van der Waals surface area (Å²) in [6.07, 6.45) is 3.60. The Kier molecular flexibility index (Phi) is 4.96. The number of aliphatic hydroxyl groups excluding tert-OH is 1. The van der Waals surface area contributed by atoms with E-state index in [9.17, 15) is 9.90 Å². The number of aliphatic hydroxyl groups is 1. The molecule has 1 unspecified atom stereocenters. The Morgan fingerprint density at radius 2 is 2.00 bits per heavy atom. The van der Waals surface area contributed by atoms with Crippen molar-refractivity contribution in [2.24, 2.45) is 17.1 Å². The van der Waals surface area contributed by atoms with E-state index in [0.717, 1.165) is 25.7 Å². The normalized spacial score (nSPS) is 36.5. The zero-order valence-corrected chi connectivity index (χ0v) is 13.6. The summed E-state index contributed by atoms with van der Waals surface area (Å²) in [5.74, 6) is 0.843. The Morgan fingerprint density at radius 1 is 1.38 bits per heavy atom. The Balaban J connectivity index is 2.13. The molecule has 122 valence electrons. The van der Waals surface area contributed by atoms with Gasteiger partial charge in [0, 0.05) is 19.6 Å². The minimum atomic E-state index is -0.418. The summed E-state index contributed by atoms with van der Waals surface area (Å²) < 4.78 is 5.80. The molecule has 2 aliphatic rings. The van der Waals surface area contributed by atoms with Crippen molar-refractivity contribution in [2.75, 3.05) is 26.2 Å². The molecule has 0 aromatic heterocycles. The molecule has 21 heavy (non-hydrogen) atoms. The lowest BCUT2D eigenvalue weighted by atomic mass is 9.69. The maximum atomic E-state index is 13.1. The molecule has 2 rings (SSSR count). The van der Waals surface area contributed by atoms with Crippen LogP contribution in [0.1, 0.15) is 46.5 Å². The minimum Gasteiger partial charge on any atom is -0.394 e. The van der Waals surface area contributed by atoms with Crippen LogP contribution in [0.5, 0.6) is 0 Å². The molecule has 0 radical (unpaired) electrons. The van der Waals surface area contributed by atoms with Gasteiger partial charge in [0.2, 0.25) is 5.91 Å². The first-order valence-electron chi connectivity index (χ1n) is 8.10. The molecule has 1 heterocycles. The monoisotopic (exact) mass is 298 g/mol. The lowest BCUT2D eigenvalue weighted by molar-refractivity contribution is -0.175. The van der Waals surface area contributed by atoms with Gasteiger partial charge < -0.3 is 20.5 Å². The second-order valence-electron chi connectivity index (χ2n) is 7.53. The maximum absolute atomic E-state index is 13.1. The summed E-state index contributed by atoms with van der Waals surface area (Å²) in [6.45, 7) is 7.57. The smallest absolute Gasteiger partial charge is 0.230 e. The molecule has 1 aliphatic heterocycles. The third kappa shape index (κ3) is 3.58. The molecule has 1 atom stereocenters. The molecule has 1 saturated carbocycles. The highest BCUT2D eigenvalue weighted by Gasteiger charge is 2.45. The summed E-state index contributed by atoms with van der Waals surface area (Å²) in [5, 5.41) is 9.40. The van der Waals surface area contributed by atoms with E-state index in [-0.39, 0.29) is 18.6 Å². The maximum Gasteiger partial charge on any atom is 0.230 e. The standard InChI is InChI=1S/C16H30N2O3/c1-12-4-6-16(10-17,7-5-12)14(20)18-8-13(9-19)21-15(2,3)11-18/h12-13,19H,4-11,17H2,1-3H3. The number of amides is 1. The molecular formula is C16H30N2O3. The van der Waals surface area contributed by atoms with Crippen molar-refractivity contribution in [3.63, 3.8) is 0 Å². The number of ether oxygens (including phenoxy) is 1. The largest absolute Gasteiger partial charge is 0.394 e. The molecule has 0 aromatic carbocycles. The summed E-state index contributed by atoms with van der Waals surface area (Å²) in [4.78, 5) is 14.9. The number of nitrogens with two attached hydrogens (primary N) is 1. The first-order valence-corrected chi connectivity index (χ1v) is 8.10. The van der Waals surface area contributed by atoms with Gasteiger partial charge in [-0.15, -0.1) is 0 Å². The topological polar surface area (TPSA) is 75.8 Å². The predicted octanol–water partition coefficient (Wildman–Crippen LogP) is 1.14. The average Bonchev–Trinajstić information content (AvgIpc) is 2.46. The number of nitrogens with zero attached hydrogens (tertiary/aromatic N) is 1. The summed E-state index contributed by atoms with van der Waals surface area (Å²) in [5.41, 5.74) is 5.18. The number of carbonyl (C=O) groups excluding carboxylic acids is 1. The Bertz CT molecular complexity index is 376. The van der Waals surface area contributed by atoms with E-state index in [1.807, 2.05) is 18.7 Å².